The summed E-state index contributed by atoms with van der Waals surface area (Å²) in [6.07, 6.45) is 5.77. The van der Waals surface area contributed by atoms with Crippen molar-refractivity contribution in [1.82, 2.24) is 0 Å². The van der Waals surface area contributed by atoms with Crippen LogP contribution >= 0.6 is 0 Å². The van der Waals surface area contributed by atoms with Gasteiger partial charge in [0, 0.05) is 0 Å². The van der Waals surface area contributed by atoms with Crippen molar-refractivity contribution in [2.45, 2.75) is 55.7 Å². The van der Waals surface area contributed by atoms with E-state index < -0.39 is 21.1 Å². The molecule has 0 radical (unpaired) electrons. The second-order valence-electron chi connectivity index (χ2n) is 6.16. The second-order valence-corrected chi connectivity index (χ2v) is 9.79. The van der Waals surface area contributed by atoms with Crippen LogP contribution in [0.2, 0.25) is 0 Å². The Balaban J connectivity index is 2.10. The number of rotatable bonds is 10. The van der Waals surface area contributed by atoms with Gasteiger partial charge in [-0.05, 0) is 55.1 Å². The fraction of sp³-hybridized carbons (Fsp3) is 0.400. The van der Waals surface area contributed by atoms with E-state index in [4.69, 9.17) is 0 Å². The van der Waals surface area contributed by atoms with Crippen LogP contribution in [0.1, 0.15) is 44.6 Å². The maximum atomic E-state index is 12.7. The third-order valence-electron chi connectivity index (χ3n) is 3.96. The van der Waals surface area contributed by atoms with Gasteiger partial charge in [-0.3, -0.25) is 0 Å². The predicted molar refractivity (Wildman–Crippen MR) is 107 cm³/mol. The summed E-state index contributed by atoms with van der Waals surface area (Å²) < 4.78 is 29.7. The van der Waals surface area contributed by atoms with Crippen LogP contribution in [0.25, 0.3) is 4.13 Å². The third-order valence-corrected chi connectivity index (χ3v) is 7.83. The molecule has 5 heteroatoms. The first kappa shape index (κ1) is 20.0. The molecule has 0 heterocycles. The highest BCUT2D eigenvalue weighted by Crippen LogP contribution is 2.29. The lowest BCUT2D eigenvalue weighted by Gasteiger charge is -2.21. The summed E-state index contributed by atoms with van der Waals surface area (Å²) in [6.45, 7) is 4.14. The zero-order chi connectivity index (χ0) is 18.1. The van der Waals surface area contributed by atoms with Crippen molar-refractivity contribution in [3.63, 3.8) is 0 Å². The van der Waals surface area contributed by atoms with Crippen molar-refractivity contribution in [3.8, 4) is 0 Å². The van der Waals surface area contributed by atoms with Crippen LogP contribution in [-0.2, 0) is 21.1 Å². The Hall–Kier alpha value is -1.30. The van der Waals surface area contributed by atoms with E-state index in [1.807, 2.05) is 49.4 Å². The first-order chi connectivity index (χ1) is 12.0. The Morgan fingerprint density at radius 1 is 0.880 bits per heavy atom. The Morgan fingerprint density at radius 3 is 2.16 bits per heavy atom. The number of benzene rings is 2. The summed E-state index contributed by atoms with van der Waals surface area (Å²) in [4.78, 5) is 1.27. The number of hydrogen-bond acceptors (Lipinski definition) is 2. The minimum absolute atomic E-state index is 0.275. The van der Waals surface area contributed by atoms with E-state index in [1.165, 1.54) is 19.3 Å². The van der Waals surface area contributed by atoms with Gasteiger partial charge in [0.05, 0.1) is 4.90 Å². The molecule has 3 nitrogen and oxygen atoms in total. The molecule has 2 rings (SSSR count). The van der Waals surface area contributed by atoms with E-state index in [-0.39, 0.29) is 4.90 Å². The number of hydrogen-bond donors (Lipinski definition) is 0. The van der Waals surface area contributed by atoms with Gasteiger partial charge >= 0.3 is 0 Å². The molecule has 25 heavy (non-hydrogen) atoms. The van der Waals surface area contributed by atoms with Crippen LogP contribution in [-0.4, -0.2) is 14.2 Å². The first-order valence-electron chi connectivity index (χ1n) is 8.83. The molecule has 1 unspecified atom stereocenters. The van der Waals surface area contributed by atoms with Gasteiger partial charge in [-0.25, -0.2) is 8.42 Å². The summed E-state index contributed by atoms with van der Waals surface area (Å²) in [5.74, 6) is 0.790. The summed E-state index contributed by atoms with van der Waals surface area (Å²) in [6, 6.07) is 16.7. The van der Waals surface area contributed by atoms with Crippen molar-refractivity contribution in [1.29, 1.82) is 0 Å². The molecular weight excluding hydrogens is 350 g/mol. The molecule has 0 aliphatic carbocycles. The van der Waals surface area contributed by atoms with Gasteiger partial charge in [0.1, 0.15) is 20.7 Å². The minimum atomic E-state index is -3.63. The fourth-order valence-corrected chi connectivity index (χ4v) is 6.09. The van der Waals surface area contributed by atoms with Gasteiger partial charge in [0.2, 0.25) is 0 Å². The highest BCUT2D eigenvalue weighted by atomic mass is 32.3. The van der Waals surface area contributed by atoms with Crippen LogP contribution < -0.4 is 0 Å². The van der Waals surface area contributed by atoms with E-state index in [9.17, 15) is 8.42 Å². The molecule has 0 N–H and O–H groups in total. The number of unbranched alkanes of at least 4 members (excludes halogenated alkanes) is 4. The number of aryl methyl sites for hydroxylation is 1. The van der Waals surface area contributed by atoms with E-state index in [0.29, 0.717) is 0 Å². The summed E-state index contributed by atoms with van der Waals surface area (Å²) in [5.41, 5.74) is 1.04. The molecule has 0 aliphatic heterocycles. The van der Waals surface area contributed by atoms with Crippen LogP contribution in [0.3, 0.4) is 0 Å². The van der Waals surface area contributed by atoms with Gasteiger partial charge in [-0.1, -0.05) is 62.1 Å². The van der Waals surface area contributed by atoms with Crippen LogP contribution in [0, 0.1) is 6.92 Å². The molecule has 2 aromatic carbocycles. The molecule has 0 saturated carbocycles. The SMILES string of the molecule is CCCCCCC[S+]([N-]S(=O)(=O)c1ccc(C)cc1)c1ccccc1. The lowest BCUT2D eigenvalue weighted by atomic mass is 10.2. The van der Waals surface area contributed by atoms with Crippen molar-refractivity contribution in [2.24, 2.45) is 0 Å². The molecule has 0 aromatic heterocycles. The van der Waals surface area contributed by atoms with E-state index >= 15 is 0 Å². The fourth-order valence-electron chi connectivity index (χ4n) is 2.49. The smallest absolute Gasteiger partial charge is 0.142 e. The molecule has 0 bridgehead atoms. The summed E-state index contributed by atoms with van der Waals surface area (Å²) in [5, 5.41) is 0. The zero-order valence-corrected chi connectivity index (χ0v) is 16.7. The zero-order valence-electron chi connectivity index (χ0n) is 15.0. The highest BCUT2D eigenvalue weighted by Gasteiger charge is 2.19. The van der Waals surface area contributed by atoms with Gasteiger partial charge in [-0.15, -0.1) is 0 Å². The van der Waals surface area contributed by atoms with Crippen LogP contribution in [0.4, 0.5) is 0 Å². The summed E-state index contributed by atoms with van der Waals surface area (Å²) >= 11 is -0.632. The van der Waals surface area contributed by atoms with Crippen molar-refractivity contribution in [2.75, 3.05) is 5.75 Å². The largest absolute Gasteiger partial charge is 0.307 e. The van der Waals surface area contributed by atoms with E-state index in [0.717, 1.165) is 29.1 Å². The maximum absolute atomic E-state index is 12.7. The molecule has 0 amide bonds. The first-order valence-corrected chi connectivity index (χ1v) is 11.6. The van der Waals surface area contributed by atoms with Gasteiger partial charge in [-0.2, -0.15) is 0 Å². The second kappa shape index (κ2) is 10.00. The molecule has 1 atom stereocenters. The highest BCUT2D eigenvalue weighted by molar-refractivity contribution is 8.14. The van der Waals surface area contributed by atoms with E-state index in [2.05, 4.69) is 11.1 Å². The third kappa shape index (κ3) is 6.49. The monoisotopic (exact) mass is 377 g/mol. The Kier molecular flexibility index (Phi) is 8.00. The lowest BCUT2D eigenvalue weighted by Crippen LogP contribution is -2.12. The Labute approximate surface area is 155 Å². The molecule has 0 aliphatic rings. The predicted octanol–water partition coefficient (Wildman–Crippen LogP) is 5.62. The maximum Gasteiger partial charge on any atom is 0.142 e. The average molecular weight is 378 g/mol. The van der Waals surface area contributed by atoms with E-state index in [1.54, 1.807) is 12.1 Å². The number of nitrogens with zero attached hydrogens (tertiary/aromatic N) is 1. The van der Waals surface area contributed by atoms with Crippen molar-refractivity contribution < 1.29 is 8.42 Å². The molecule has 136 valence electrons. The Bertz CT molecular complexity index is 728. The van der Waals surface area contributed by atoms with Crippen LogP contribution in [0.5, 0.6) is 0 Å². The summed E-state index contributed by atoms with van der Waals surface area (Å²) in [7, 11) is -3.63. The van der Waals surface area contributed by atoms with Gasteiger partial charge in [0.15, 0.2) is 0 Å². The normalized spacial score (nSPS) is 12.9. The van der Waals surface area contributed by atoms with Crippen LogP contribution in [0.15, 0.2) is 64.4 Å². The topological polar surface area (TPSA) is 48.2 Å². The quantitative estimate of drug-likeness (QED) is 0.398. The van der Waals surface area contributed by atoms with Crippen molar-refractivity contribution in [3.05, 3.63) is 64.3 Å². The van der Waals surface area contributed by atoms with Gasteiger partial charge in [0.25, 0.3) is 0 Å². The molecule has 0 spiro atoms. The molecule has 0 saturated heterocycles. The molecule has 2 aromatic rings. The molecular formula is C20H27NO2S2. The van der Waals surface area contributed by atoms with Gasteiger partial charge < -0.3 is 4.13 Å². The van der Waals surface area contributed by atoms with Crippen molar-refractivity contribution >= 4 is 21.1 Å². The minimum Gasteiger partial charge on any atom is -0.307 e. The Morgan fingerprint density at radius 2 is 1.52 bits per heavy atom. The average Bonchev–Trinajstić information content (AvgIpc) is 2.61. The number of sulfonamides is 1. The standard InChI is InChI=1S/C20H27NO2S2/c1-3-4-5-6-10-17-24(19-11-8-7-9-12-19)21-25(22,23)20-15-13-18(2)14-16-20/h7-9,11-16H,3-6,10,17H2,1-2H3. The lowest BCUT2D eigenvalue weighted by molar-refractivity contribution is 0.604. The molecule has 0 fully saturated rings.